The Morgan fingerprint density at radius 1 is 1.08 bits per heavy atom. The first-order valence-electron chi connectivity index (χ1n) is 7.98. The molecule has 1 aliphatic heterocycles. The van der Waals surface area contributed by atoms with Crippen LogP contribution in [0.25, 0.3) is 11.1 Å². The standard InChI is InChI=1S/C18H17N3O3/c22-17(12-3-6-14(7-4-12)21-9-1-2-10-21)19-13-5-8-16-15(11-13)20-18(23)24-16/h3-8,11H,1-2,9-10H2,(H,19,22)(H,20,23). The van der Waals surface area contributed by atoms with Crippen molar-refractivity contribution in [2.45, 2.75) is 12.8 Å². The van der Waals surface area contributed by atoms with Gasteiger partial charge in [-0.05, 0) is 55.3 Å². The maximum atomic E-state index is 12.4. The fourth-order valence-corrected chi connectivity index (χ4v) is 3.03. The maximum absolute atomic E-state index is 12.4. The van der Waals surface area contributed by atoms with E-state index in [-0.39, 0.29) is 5.91 Å². The summed E-state index contributed by atoms with van der Waals surface area (Å²) >= 11 is 0. The summed E-state index contributed by atoms with van der Waals surface area (Å²) in [6.07, 6.45) is 2.45. The zero-order chi connectivity index (χ0) is 16.5. The Balaban J connectivity index is 1.50. The third kappa shape index (κ3) is 2.78. The number of nitrogens with zero attached hydrogens (tertiary/aromatic N) is 1. The molecule has 122 valence electrons. The molecule has 2 N–H and O–H groups in total. The SMILES string of the molecule is O=C(Nc1ccc2oc(=O)[nH]c2c1)c1ccc(N2CCCC2)cc1. The molecule has 6 heteroatoms. The van der Waals surface area contributed by atoms with Gasteiger partial charge >= 0.3 is 5.76 Å². The summed E-state index contributed by atoms with van der Waals surface area (Å²) in [5.41, 5.74) is 3.38. The van der Waals surface area contributed by atoms with Crippen LogP contribution in [0, 0.1) is 0 Å². The molecule has 1 aliphatic rings. The number of H-pyrrole nitrogens is 1. The minimum atomic E-state index is -0.508. The van der Waals surface area contributed by atoms with E-state index in [1.54, 1.807) is 18.2 Å². The first kappa shape index (κ1) is 14.6. The normalized spacial score (nSPS) is 14.2. The fourth-order valence-electron chi connectivity index (χ4n) is 3.03. The first-order valence-corrected chi connectivity index (χ1v) is 7.98. The topological polar surface area (TPSA) is 78.3 Å². The largest absolute Gasteiger partial charge is 0.417 e. The second-order valence-electron chi connectivity index (χ2n) is 5.92. The molecule has 1 amide bonds. The van der Waals surface area contributed by atoms with Crippen LogP contribution in [-0.4, -0.2) is 24.0 Å². The van der Waals surface area contributed by atoms with E-state index in [9.17, 15) is 9.59 Å². The highest BCUT2D eigenvalue weighted by atomic mass is 16.4. The molecule has 0 bridgehead atoms. The van der Waals surface area contributed by atoms with Gasteiger partial charge in [-0.1, -0.05) is 0 Å². The molecule has 0 saturated carbocycles. The summed E-state index contributed by atoms with van der Waals surface area (Å²) in [6, 6.07) is 12.7. The minimum Gasteiger partial charge on any atom is -0.408 e. The van der Waals surface area contributed by atoms with Crippen molar-refractivity contribution >= 4 is 28.4 Å². The van der Waals surface area contributed by atoms with Gasteiger partial charge < -0.3 is 14.6 Å². The summed E-state index contributed by atoms with van der Waals surface area (Å²) in [7, 11) is 0. The summed E-state index contributed by atoms with van der Waals surface area (Å²) < 4.78 is 4.95. The van der Waals surface area contributed by atoms with Crippen LogP contribution in [0.4, 0.5) is 11.4 Å². The molecule has 2 aromatic carbocycles. The van der Waals surface area contributed by atoms with Crippen molar-refractivity contribution in [3.8, 4) is 0 Å². The van der Waals surface area contributed by atoms with E-state index in [0.29, 0.717) is 22.4 Å². The highest BCUT2D eigenvalue weighted by molar-refractivity contribution is 6.05. The monoisotopic (exact) mass is 323 g/mol. The van der Waals surface area contributed by atoms with Crippen LogP contribution in [0.2, 0.25) is 0 Å². The molecular formula is C18H17N3O3. The van der Waals surface area contributed by atoms with Crippen LogP contribution in [-0.2, 0) is 0 Å². The second kappa shape index (κ2) is 5.88. The number of anilines is 2. The molecule has 1 saturated heterocycles. The first-order chi connectivity index (χ1) is 11.7. The molecule has 6 nitrogen and oxygen atoms in total. The number of hydrogen-bond acceptors (Lipinski definition) is 4. The predicted octanol–water partition coefficient (Wildman–Crippen LogP) is 2.97. The van der Waals surface area contributed by atoms with Gasteiger partial charge in [-0.3, -0.25) is 9.78 Å². The van der Waals surface area contributed by atoms with E-state index < -0.39 is 5.76 Å². The number of carbonyl (C=O) groups is 1. The molecule has 1 aromatic heterocycles. The number of oxazole rings is 1. The summed E-state index contributed by atoms with van der Waals surface area (Å²) in [4.78, 5) is 28.4. The maximum Gasteiger partial charge on any atom is 0.417 e. The molecule has 2 heterocycles. The molecule has 0 aliphatic carbocycles. The number of aromatic nitrogens is 1. The minimum absolute atomic E-state index is 0.187. The quantitative estimate of drug-likeness (QED) is 0.777. The molecule has 24 heavy (non-hydrogen) atoms. The molecule has 0 radical (unpaired) electrons. The van der Waals surface area contributed by atoms with Crippen molar-refractivity contribution in [3.05, 3.63) is 58.6 Å². The van der Waals surface area contributed by atoms with Gasteiger partial charge in [-0.15, -0.1) is 0 Å². The Morgan fingerprint density at radius 3 is 2.58 bits per heavy atom. The van der Waals surface area contributed by atoms with Gasteiger partial charge in [0.2, 0.25) is 0 Å². The van der Waals surface area contributed by atoms with E-state index in [1.165, 1.54) is 12.8 Å². The Bertz CT molecular complexity index is 934. The Hall–Kier alpha value is -3.02. The van der Waals surface area contributed by atoms with Crippen LogP contribution in [0.3, 0.4) is 0 Å². The number of benzene rings is 2. The number of nitrogens with one attached hydrogen (secondary N) is 2. The number of rotatable bonds is 3. The van der Waals surface area contributed by atoms with Gasteiger partial charge in [0.05, 0.1) is 5.52 Å². The fraction of sp³-hybridized carbons (Fsp3) is 0.222. The lowest BCUT2D eigenvalue weighted by molar-refractivity contribution is 0.102. The number of amides is 1. The predicted molar refractivity (Wildman–Crippen MR) is 92.7 cm³/mol. The number of hydrogen-bond donors (Lipinski definition) is 2. The summed E-state index contributed by atoms with van der Waals surface area (Å²) in [6.45, 7) is 2.16. The van der Waals surface area contributed by atoms with Gasteiger partial charge in [-0.25, -0.2) is 4.79 Å². The van der Waals surface area contributed by atoms with Crippen LogP contribution in [0.1, 0.15) is 23.2 Å². The van der Waals surface area contributed by atoms with Crippen molar-refractivity contribution in [1.82, 2.24) is 4.98 Å². The Kier molecular flexibility index (Phi) is 3.57. The number of aromatic amines is 1. The third-order valence-electron chi connectivity index (χ3n) is 4.28. The summed E-state index contributed by atoms with van der Waals surface area (Å²) in [5.74, 6) is -0.695. The highest BCUT2D eigenvalue weighted by Gasteiger charge is 2.13. The number of carbonyl (C=O) groups excluding carboxylic acids is 1. The lowest BCUT2D eigenvalue weighted by Crippen LogP contribution is -2.18. The van der Waals surface area contributed by atoms with E-state index in [1.807, 2.05) is 24.3 Å². The van der Waals surface area contributed by atoms with E-state index in [4.69, 9.17) is 4.42 Å². The molecule has 4 rings (SSSR count). The van der Waals surface area contributed by atoms with Gasteiger partial charge in [0.15, 0.2) is 5.58 Å². The van der Waals surface area contributed by atoms with Crippen LogP contribution < -0.4 is 16.0 Å². The Morgan fingerprint density at radius 2 is 1.83 bits per heavy atom. The van der Waals surface area contributed by atoms with Crippen molar-refractivity contribution < 1.29 is 9.21 Å². The third-order valence-corrected chi connectivity index (χ3v) is 4.28. The second-order valence-corrected chi connectivity index (χ2v) is 5.92. The van der Waals surface area contributed by atoms with E-state index in [0.717, 1.165) is 18.8 Å². The zero-order valence-corrected chi connectivity index (χ0v) is 13.0. The molecular weight excluding hydrogens is 306 g/mol. The van der Waals surface area contributed by atoms with Crippen molar-refractivity contribution in [1.29, 1.82) is 0 Å². The molecule has 0 spiro atoms. The van der Waals surface area contributed by atoms with Gasteiger partial charge in [0.25, 0.3) is 5.91 Å². The van der Waals surface area contributed by atoms with Crippen molar-refractivity contribution in [2.75, 3.05) is 23.3 Å². The molecule has 1 fully saturated rings. The molecule has 3 aromatic rings. The number of fused-ring (bicyclic) bond motifs is 1. The average molecular weight is 323 g/mol. The van der Waals surface area contributed by atoms with Gasteiger partial charge in [0, 0.05) is 30.0 Å². The van der Waals surface area contributed by atoms with E-state index >= 15 is 0 Å². The Labute approximate surface area is 138 Å². The van der Waals surface area contributed by atoms with Crippen LogP contribution in [0.15, 0.2) is 51.7 Å². The van der Waals surface area contributed by atoms with Crippen molar-refractivity contribution in [2.24, 2.45) is 0 Å². The molecule has 0 atom stereocenters. The van der Waals surface area contributed by atoms with Crippen LogP contribution in [0.5, 0.6) is 0 Å². The van der Waals surface area contributed by atoms with Crippen molar-refractivity contribution in [3.63, 3.8) is 0 Å². The highest BCUT2D eigenvalue weighted by Crippen LogP contribution is 2.21. The lowest BCUT2D eigenvalue weighted by Gasteiger charge is -2.17. The smallest absolute Gasteiger partial charge is 0.408 e. The lowest BCUT2D eigenvalue weighted by atomic mass is 10.1. The summed E-state index contributed by atoms with van der Waals surface area (Å²) in [5, 5.41) is 2.83. The van der Waals surface area contributed by atoms with E-state index in [2.05, 4.69) is 15.2 Å². The van der Waals surface area contributed by atoms with Gasteiger partial charge in [0.1, 0.15) is 0 Å². The van der Waals surface area contributed by atoms with Crippen LogP contribution >= 0.6 is 0 Å². The molecule has 0 unspecified atom stereocenters. The van der Waals surface area contributed by atoms with Gasteiger partial charge in [-0.2, -0.15) is 0 Å². The average Bonchev–Trinajstić information content (AvgIpc) is 3.23. The zero-order valence-electron chi connectivity index (χ0n) is 13.0.